The van der Waals surface area contributed by atoms with Crippen molar-refractivity contribution in [2.24, 2.45) is 0 Å². The van der Waals surface area contributed by atoms with Crippen molar-refractivity contribution in [3.8, 4) is 0 Å². The smallest absolute Gasteiger partial charge is 0.328 e. The molecule has 2 unspecified atom stereocenters. The zero-order valence-corrected chi connectivity index (χ0v) is 36.9. The maximum Gasteiger partial charge on any atom is 0.328 e. The molecule has 0 fully saturated rings. The van der Waals surface area contributed by atoms with E-state index in [-0.39, 0.29) is 45.5 Å². The Labute approximate surface area is 384 Å². The highest BCUT2D eigenvalue weighted by Crippen LogP contribution is 2.27. The van der Waals surface area contributed by atoms with Gasteiger partial charge in [0.2, 0.25) is 0 Å². The number of hydrogen-bond acceptors (Lipinski definition) is 10. The highest BCUT2D eigenvalue weighted by Gasteiger charge is 2.16. The van der Waals surface area contributed by atoms with Gasteiger partial charge >= 0.3 is 11.9 Å². The molecule has 0 radical (unpaired) electrons. The summed E-state index contributed by atoms with van der Waals surface area (Å²) in [7, 11) is 0. The van der Waals surface area contributed by atoms with Gasteiger partial charge in [-0.25, -0.2) is 9.59 Å². The van der Waals surface area contributed by atoms with Gasteiger partial charge in [0.1, 0.15) is 12.2 Å². The normalized spacial score (nSPS) is 11.8. The minimum atomic E-state index is -1.26. The van der Waals surface area contributed by atoms with Crippen LogP contribution >= 0.6 is 0 Å². The largest absolute Gasteiger partial charge is 0.478 e. The Balaban J connectivity index is 0.000000248. The van der Waals surface area contributed by atoms with Crippen molar-refractivity contribution in [2.75, 3.05) is 26.3 Å². The van der Waals surface area contributed by atoms with E-state index in [2.05, 4.69) is 73.0 Å². The highest BCUT2D eigenvalue weighted by atomic mass is 16.6. The number of nitro benzene ring substituents is 2. The molecular weight excluding hydrogens is 841 g/mol. The predicted octanol–water partition coefficient (Wildman–Crippen LogP) is 9.56. The Morgan fingerprint density at radius 1 is 0.500 bits per heavy atom. The van der Waals surface area contributed by atoms with Crippen molar-refractivity contribution in [1.29, 1.82) is 0 Å². The molecule has 0 saturated heterocycles. The Morgan fingerprint density at radius 2 is 0.773 bits per heavy atom. The minimum absolute atomic E-state index is 0.0934. The molecule has 0 aliphatic carbocycles. The van der Waals surface area contributed by atoms with E-state index in [1.165, 1.54) is 0 Å². The van der Waals surface area contributed by atoms with Gasteiger partial charge in [-0.2, -0.15) is 0 Å². The molecule has 0 heterocycles. The summed E-state index contributed by atoms with van der Waals surface area (Å²) in [5.74, 6) is -2.51. The maximum atomic E-state index is 10.7. The van der Waals surface area contributed by atoms with Gasteiger partial charge in [0, 0.05) is 61.6 Å². The molecule has 6 rings (SSSR count). The van der Waals surface area contributed by atoms with Crippen LogP contribution in [0.5, 0.6) is 0 Å². The van der Waals surface area contributed by atoms with Crippen LogP contribution in [0.4, 0.5) is 11.4 Å². The number of nitro groups is 2. The molecule has 0 aliphatic rings. The average molecular weight is 897 g/mol. The first-order chi connectivity index (χ1) is 31.9. The Bertz CT molecular complexity index is 2120. The van der Waals surface area contributed by atoms with E-state index in [9.17, 15) is 29.8 Å². The Kier molecular flexibility index (Phi) is 22.1. The third-order valence-electron chi connectivity index (χ3n) is 9.91. The number of hydrogen-bond donors (Lipinski definition) is 4. The Hall–Kier alpha value is -7.36. The minimum Gasteiger partial charge on any atom is -0.478 e. The van der Waals surface area contributed by atoms with Crippen LogP contribution in [0.15, 0.2) is 182 Å². The van der Waals surface area contributed by atoms with Crippen molar-refractivity contribution >= 4 is 23.3 Å². The molecule has 6 aromatic carbocycles. The van der Waals surface area contributed by atoms with Crippen molar-refractivity contribution in [1.82, 2.24) is 10.6 Å². The first kappa shape index (κ1) is 51.3. The molecule has 0 aromatic heterocycles. The lowest BCUT2D eigenvalue weighted by Crippen LogP contribution is -2.31. The first-order valence-electron chi connectivity index (χ1n) is 21.4. The fraction of sp³-hybridized carbons (Fsp3) is 0.231. The second kappa shape index (κ2) is 28.4. The average Bonchev–Trinajstić information content (AvgIpc) is 3.33. The quantitative estimate of drug-likeness (QED) is 0.0218. The first-order valence-corrected chi connectivity index (χ1v) is 21.4. The van der Waals surface area contributed by atoms with Crippen molar-refractivity contribution in [2.45, 2.75) is 51.0 Å². The van der Waals surface area contributed by atoms with E-state index in [4.69, 9.17) is 19.7 Å². The van der Waals surface area contributed by atoms with E-state index >= 15 is 0 Å². The standard InChI is InChI=1S/2C24H26N2O3.C4H4O4/c2*1-19(18-20-12-14-23(15-13-20)26(27)28)25-16-17-29-24(21-8-4-2-5-9-21)22-10-6-3-7-11-22;5-3(6)1-2-4(7)8/h2*2-15,19,24-25H,16-18H2,1H3;1-2H,(H,5,6)(H,7,8)/b;;2-1+. The van der Waals surface area contributed by atoms with E-state index in [0.29, 0.717) is 25.4 Å². The van der Waals surface area contributed by atoms with E-state index in [1.54, 1.807) is 24.3 Å². The van der Waals surface area contributed by atoms with Gasteiger partial charge in [-0.15, -0.1) is 0 Å². The summed E-state index contributed by atoms with van der Waals surface area (Å²) in [5.41, 5.74) is 6.93. The molecular formula is C52H56N4O10. The van der Waals surface area contributed by atoms with Crippen LogP contribution in [0, 0.1) is 20.2 Å². The number of rotatable bonds is 22. The molecule has 344 valence electrons. The van der Waals surface area contributed by atoms with Gasteiger partial charge in [0.15, 0.2) is 0 Å². The molecule has 14 heteroatoms. The van der Waals surface area contributed by atoms with Crippen molar-refractivity contribution in [3.63, 3.8) is 0 Å². The second-order valence-corrected chi connectivity index (χ2v) is 15.1. The summed E-state index contributed by atoms with van der Waals surface area (Å²) in [6.45, 7) is 6.83. The summed E-state index contributed by atoms with van der Waals surface area (Å²) in [5, 5.41) is 44.1. The molecule has 4 N–H and O–H groups in total. The number of non-ortho nitro benzene ring substituents is 2. The van der Waals surface area contributed by atoms with Crippen molar-refractivity contribution in [3.05, 3.63) is 236 Å². The summed E-state index contributed by atoms with van der Waals surface area (Å²) < 4.78 is 12.4. The predicted molar refractivity (Wildman–Crippen MR) is 254 cm³/mol. The van der Waals surface area contributed by atoms with Gasteiger partial charge in [-0.3, -0.25) is 20.2 Å². The highest BCUT2D eigenvalue weighted by molar-refractivity contribution is 5.89. The van der Waals surface area contributed by atoms with Crippen LogP contribution in [-0.2, 0) is 31.9 Å². The van der Waals surface area contributed by atoms with Crippen LogP contribution < -0.4 is 10.6 Å². The lowest BCUT2D eigenvalue weighted by atomic mass is 10.0. The third-order valence-corrected chi connectivity index (χ3v) is 9.91. The molecule has 14 nitrogen and oxygen atoms in total. The van der Waals surface area contributed by atoms with Crippen LogP contribution in [0.2, 0.25) is 0 Å². The second-order valence-electron chi connectivity index (χ2n) is 15.1. The fourth-order valence-electron chi connectivity index (χ4n) is 6.75. The lowest BCUT2D eigenvalue weighted by molar-refractivity contribution is -0.385. The van der Waals surface area contributed by atoms with Crippen LogP contribution in [0.1, 0.15) is 59.4 Å². The summed E-state index contributed by atoms with van der Waals surface area (Å²) >= 11 is 0. The van der Waals surface area contributed by atoms with E-state index < -0.39 is 11.9 Å². The molecule has 0 bridgehead atoms. The number of carbonyl (C=O) groups is 2. The zero-order chi connectivity index (χ0) is 47.5. The number of nitrogens with one attached hydrogen (secondary N) is 2. The maximum absolute atomic E-state index is 10.7. The zero-order valence-electron chi connectivity index (χ0n) is 36.9. The van der Waals surface area contributed by atoms with Gasteiger partial charge < -0.3 is 30.3 Å². The molecule has 0 amide bonds. The number of ether oxygens (including phenoxy) is 2. The van der Waals surface area contributed by atoms with Gasteiger partial charge in [0.25, 0.3) is 11.4 Å². The van der Waals surface area contributed by atoms with Crippen LogP contribution in [-0.4, -0.2) is 70.4 Å². The number of nitrogens with zero attached hydrogens (tertiary/aromatic N) is 2. The topological polar surface area (TPSA) is 203 Å². The van der Waals surface area contributed by atoms with E-state index in [1.807, 2.05) is 97.1 Å². The molecule has 0 saturated carbocycles. The molecule has 66 heavy (non-hydrogen) atoms. The third kappa shape index (κ3) is 19.2. The molecule has 0 aliphatic heterocycles. The Morgan fingerprint density at radius 3 is 1.02 bits per heavy atom. The number of benzene rings is 6. The number of carboxylic acids is 2. The summed E-state index contributed by atoms with van der Waals surface area (Å²) in [6, 6.07) is 54.9. The lowest BCUT2D eigenvalue weighted by Gasteiger charge is -2.20. The SMILES string of the molecule is CC(Cc1ccc([N+](=O)[O-])cc1)NCCOC(c1ccccc1)c1ccccc1.CC(Cc1ccc([N+](=O)[O-])cc1)NCCOC(c1ccccc1)c1ccccc1.O=C(O)/C=C/C(=O)O. The number of carboxylic acid groups (broad SMARTS) is 2. The van der Waals surface area contributed by atoms with Gasteiger partial charge in [-0.1, -0.05) is 146 Å². The monoisotopic (exact) mass is 896 g/mol. The van der Waals surface area contributed by atoms with Crippen LogP contribution in [0.25, 0.3) is 0 Å². The summed E-state index contributed by atoms with van der Waals surface area (Å²) in [6.07, 6.45) is 2.54. The molecule has 0 spiro atoms. The molecule has 6 aromatic rings. The van der Waals surface area contributed by atoms with Gasteiger partial charge in [0.05, 0.1) is 23.1 Å². The number of aliphatic carboxylic acids is 2. The van der Waals surface area contributed by atoms with Gasteiger partial charge in [-0.05, 0) is 60.1 Å². The molecule has 2 atom stereocenters. The summed E-state index contributed by atoms with van der Waals surface area (Å²) in [4.78, 5) is 39.9. The van der Waals surface area contributed by atoms with E-state index in [0.717, 1.165) is 59.3 Å². The van der Waals surface area contributed by atoms with Crippen molar-refractivity contribution < 1.29 is 39.1 Å². The van der Waals surface area contributed by atoms with Crippen LogP contribution in [0.3, 0.4) is 0 Å². The fourth-order valence-corrected chi connectivity index (χ4v) is 6.75.